The average Bonchev–Trinajstić information content (AvgIpc) is 2.38. The molecular formula is C14H14O3. The van der Waals surface area contributed by atoms with Crippen molar-refractivity contribution in [3.63, 3.8) is 0 Å². The van der Waals surface area contributed by atoms with Gasteiger partial charge < -0.3 is 9.84 Å². The molecule has 0 fully saturated rings. The summed E-state index contributed by atoms with van der Waals surface area (Å²) in [5.74, 6) is -0.411. The maximum absolute atomic E-state index is 11.1. The molecule has 0 heterocycles. The minimum absolute atomic E-state index is 0.0190. The van der Waals surface area contributed by atoms with E-state index in [4.69, 9.17) is 0 Å². The normalized spacial score (nSPS) is 12.4. The molecule has 1 atom stereocenters. The highest BCUT2D eigenvalue weighted by atomic mass is 16.5. The number of carbonyl (C=O) groups is 1. The third kappa shape index (κ3) is 2.63. The van der Waals surface area contributed by atoms with Gasteiger partial charge in [-0.05, 0) is 22.4 Å². The number of benzene rings is 2. The van der Waals surface area contributed by atoms with Gasteiger partial charge in [0.2, 0.25) is 0 Å². The fourth-order valence-electron chi connectivity index (χ4n) is 1.77. The predicted octanol–water partition coefficient (Wildman–Crippen LogP) is 2.44. The van der Waals surface area contributed by atoms with E-state index in [-0.39, 0.29) is 6.42 Å². The third-order valence-corrected chi connectivity index (χ3v) is 2.75. The number of rotatable bonds is 3. The van der Waals surface area contributed by atoms with Crippen molar-refractivity contribution in [2.75, 3.05) is 7.11 Å². The molecule has 88 valence electrons. The Bertz CT molecular complexity index is 534. The van der Waals surface area contributed by atoms with Crippen LogP contribution in [0.15, 0.2) is 42.5 Å². The van der Waals surface area contributed by atoms with Gasteiger partial charge in [-0.2, -0.15) is 0 Å². The number of hydrogen-bond donors (Lipinski definition) is 1. The van der Waals surface area contributed by atoms with Gasteiger partial charge >= 0.3 is 5.97 Å². The van der Waals surface area contributed by atoms with Gasteiger partial charge in [-0.25, -0.2) is 0 Å². The highest BCUT2D eigenvalue weighted by Crippen LogP contribution is 2.22. The van der Waals surface area contributed by atoms with E-state index in [0.717, 1.165) is 16.3 Å². The topological polar surface area (TPSA) is 46.5 Å². The molecule has 2 aromatic carbocycles. The zero-order chi connectivity index (χ0) is 12.3. The Morgan fingerprint density at radius 3 is 2.65 bits per heavy atom. The van der Waals surface area contributed by atoms with Crippen LogP contribution in [-0.2, 0) is 9.53 Å². The number of fused-ring (bicyclic) bond motifs is 1. The molecule has 3 heteroatoms. The minimum atomic E-state index is -0.813. The monoisotopic (exact) mass is 230 g/mol. The highest BCUT2D eigenvalue weighted by Gasteiger charge is 2.13. The first kappa shape index (κ1) is 11.6. The Labute approximate surface area is 99.6 Å². The first-order valence-corrected chi connectivity index (χ1v) is 5.44. The van der Waals surface area contributed by atoms with Crippen molar-refractivity contribution < 1.29 is 14.6 Å². The second-order valence-electron chi connectivity index (χ2n) is 3.90. The van der Waals surface area contributed by atoms with Gasteiger partial charge in [0.1, 0.15) is 0 Å². The van der Waals surface area contributed by atoms with Gasteiger partial charge in [0.25, 0.3) is 0 Å². The molecule has 0 aliphatic rings. The van der Waals surface area contributed by atoms with Crippen LogP contribution in [0.25, 0.3) is 10.8 Å². The van der Waals surface area contributed by atoms with E-state index < -0.39 is 12.1 Å². The summed E-state index contributed by atoms with van der Waals surface area (Å²) in [5.41, 5.74) is 0.731. The summed E-state index contributed by atoms with van der Waals surface area (Å²) in [5, 5.41) is 12.0. The zero-order valence-corrected chi connectivity index (χ0v) is 9.59. The van der Waals surface area contributed by atoms with Crippen molar-refractivity contribution in [1.29, 1.82) is 0 Å². The molecule has 17 heavy (non-hydrogen) atoms. The minimum Gasteiger partial charge on any atom is -0.469 e. The molecule has 0 spiro atoms. The lowest BCUT2D eigenvalue weighted by molar-refractivity contribution is -0.142. The summed E-state index contributed by atoms with van der Waals surface area (Å²) in [6.45, 7) is 0. The lowest BCUT2D eigenvalue weighted by Crippen LogP contribution is -2.07. The van der Waals surface area contributed by atoms with Crippen LogP contribution in [0, 0.1) is 0 Å². The number of aliphatic hydroxyl groups is 1. The number of esters is 1. The zero-order valence-electron chi connectivity index (χ0n) is 9.59. The number of carbonyl (C=O) groups excluding carboxylic acids is 1. The second-order valence-corrected chi connectivity index (χ2v) is 3.90. The van der Waals surface area contributed by atoms with E-state index in [1.54, 1.807) is 0 Å². The van der Waals surface area contributed by atoms with Crippen molar-refractivity contribution in [2.45, 2.75) is 12.5 Å². The summed E-state index contributed by atoms with van der Waals surface area (Å²) in [6.07, 6.45) is -0.832. The summed E-state index contributed by atoms with van der Waals surface area (Å²) in [4.78, 5) is 11.1. The van der Waals surface area contributed by atoms with Crippen LogP contribution in [0.1, 0.15) is 18.1 Å². The van der Waals surface area contributed by atoms with Crippen LogP contribution in [0.4, 0.5) is 0 Å². The maximum atomic E-state index is 11.1. The maximum Gasteiger partial charge on any atom is 0.308 e. The standard InChI is InChI=1S/C14H14O3/c1-17-14(16)9-13(15)12-7-6-10-4-2-3-5-11(10)8-12/h2-8,13,15H,9H2,1H3/t13-/m0/s1. The summed E-state index contributed by atoms with van der Waals surface area (Å²) in [6, 6.07) is 13.5. The SMILES string of the molecule is COC(=O)C[C@H](O)c1ccc2ccccc2c1. The summed E-state index contributed by atoms with van der Waals surface area (Å²) >= 11 is 0. The molecule has 1 N–H and O–H groups in total. The number of methoxy groups -OCH3 is 1. The molecule has 0 aliphatic heterocycles. The predicted molar refractivity (Wildman–Crippen MR) is 65.5 cm³/mol. The van der Waals surface area contributed by atoms with Crippen LogP contribution >= 0.6 is 0 Å². The van der Waals surface area contributed by atoms with Gasteiger partial charge in [-0.15, -0.1) is 0 Å². The van der Waals surface area contributed by atoms with Crippen molar-refractivity contribution in [3.8, 4) is 0 Å². The Morgan fingerprint density at radius 1 is 1.24 bits per heavy atom. The quantitative estimate of drug-likeness (QED) is 0.824. The van der Waals surface area contributed by atoms with Crippen LogP contribution in [-0.4, -0.2) is 18.2 Å². The molecular weight excluding hydrogens is 216 g/mol. The van der Waals surface area contributed by atoms with Crippen LogP contribution in [0.3, 0.4) is 0 Å². The summed E-state index contributed by atoms with van der Waals surface area (Å²) < 4.78 is 4.53. The van der Waals surface area contributed by atoms with Gasteiger partial charge in [0.15, 0.2) is 0 Å². The first-order valence-electron chi connectivity index (χ1n) is 5.44. The number of aliphatic hydroxyl groups excluding tert-OH is 1. The summed E-state index contributed by atoms with van der Waals surface area (Å²) in [7, 11) is 1.31. The lowest BCUT2D eigenvalue weighted by Gasteiger charge is -2.10. The Kier molecular flexibility index (Phi) is 3.40. The number of ether oxygens (including phenoxy) is 1. The van der Waals surface area contributed by atoms with Gasteiger partial charge in [-0.1, -0.05) is 36.4 Å². The molecule has 2 aromatic rings. The molecule has 0 bridgehead atoms. The Hall–Kier alpha value is -1.87. The molecule has 0 amide bonds. The Morgan fingerprint density at radius 2 is 1.94 bits per heavy atom. The second kappa shape index (κ2) is 4.97. The van der Waals surface area contributed by atoms with Crippen molar-refractivity contribution >= 4 is 16.7 Å². The van der Waals surface area contributed by atoms with Crippen LogP contribution in [0.5, 0.6) is 0 Å². The van der Waals surface area contributed by atoms with E-state index in [9.17, 15) is 9.90 Å². The fourth-order valence-corrected chi connectivity index (χ4v) is 1.77. The van der Waals surface area contributed by atoms with Crippen molar-refractivity contribution in [1.82, 2.24) is 0 Å². The van der Waals surface area contributed by atoms with E-state index in [1.165, 1.54) is 7.11 Å². The van der Waals surface area contributed by atoms with E-state index in [1.807, 2.05) is 42.5 Å². The molecule has 0 aromatic heterocycles. The largest absolute Gasteiger partial charge is 0.469 e. The fraction of sp³-hybridized carbons (Fsp3) is 0.214. The van der Waals surface area contributed by atoms with Crippen molar-refractivity contribution in [2.24, 2.45) is 0 Å². The lowest BCUT2D eigenvalue weighted by atomic mass is 10.0. The average molecular weight is 230 g/mol. The molecule has 0 aliphatic carbocycles. The van der Waals surface area contributed by atoms with Crippen LogP contribution < -0.4 is 0 Å². The first-order chi connectivity index (χ1) is 8.20. The molecule has 3 nitrogen and oxygen atoms in total. The van der Waals surface area contributed by atoms with Gasteiger partial charge in [-0.3, -0.25) is 4.79 Å². The van der Waals surface area contributed by atoms with Crippen molar-refractivity contribution in [3.05, 3.63) is 48.0 Å². The highest BCUT2D eigenvalue weighted by molar-refractivity contribution is 5.83. The molecule has 0 saturated heterocycles. The van der Waals surface area contributed by atoms with E-state index in [2.05, 4.69) is 4.74 Å². The number of hydrogen-bond acceptors (Lipinski definition) is 3. The molecule has 2 rings (SSSR count). The van der Waals surface area contributed by atoms with E-state index in [0.29, 0.717) is 0 Å². The van der Waals surface area contributed by atoms with Gasteiger partial charge in [0, 0.05) is 0 Å². The van der Waals surface area contributed by atoms with Gasteiger partial charge in [0.05, 0.1) is 19.6 Å². The van der Waals surface area contributed by atoms with E-state index >= 15 is 0 Å². The molecule has 0 saturated carbocycles. The smallest absolute Gasteiger partial charge is 0.308 e. The van der Waals surface area contributed by atoms with Crippen LogP contribution in [0.2, 0.25) is 0 Å². The third-order valence-electron chi connectivity index (χ3n) is 2.75. The Balaban J connectivity index is 2.26. The molecule has 0 unspecified atom stereocenters. The molecule has 0 radical (unpaired) electrons.